The number of benzene rings is 3. The lowest BCUT2D eigenvalue weighted by Gasteiger charge is -2.17. The van der Waals surface area contributed by atoms with E-state index in [0.29, 0.717) is 29.2 Å². The summed E-state index contributed by atoms with van der Waals surface area (Å²) in [6.07, 6.45) is 0.818. The van der Waals surface area contributed by atoms with E-state index >= 15 is 0 Å². The zero-order valence-electron chi connectivity index (χ0n) is 18.9. The summed E-state index contributed by atoms with van der Waals surface area (Å²) in [5, 5.41) is 8.71. The van der Waals surface area contributed by atoms with E-state index in [-0.39, 0.29) is 17.1 Å². The second kappa shape index (κ2) is 12.3. The fourth-order valence-electron chi connectivity index (χ4n) is 3.23. The Morgan fingerprint density at radius 3 is 2.41 bits per heavy atom. The average Bonchev–Trinajstić information content (AvgIpc) is 2.83. The number of thiocarbonyl (C=S) groups is 1. The van der Waals surface area contributed by atoms with E-state index in [2.05, 4.69) is 31.9 Å². The molecule has 176 valence electrons. The van der Waals surface area contributed by atoms with Crippen molar-refractivity contribution in [3.63, 3.8) is 0 Å². The Labute approximate surface area is 213 Å². The highest BCUT2D eigenvalue weighted by Gasteiger charge is 2.18. The van der Waals surface area contributed by atoms with Gasteiger partial charge in [0.2, 0.25) is 0 Å². The molecular formula is C26H26BrN3O3S. The van der Waals surface area contributed by atoms with Gasteiger partial charge >= 0.3 is 0 Å². The second-order valence-corrected chi connectivity index (χ2v) is 8.87. The molecule has 0 aliphatic heterocycles. The molecule has 0 radical (unpaired) electrons. The summed E-state index contributed by atoms with van der Waals surface area (Å²) in [6.45, 7) is 4.41. The number of halogens is 1. The van der Waals surface area contributed by atoms with Gasteiger partial charge in [0.05, 0.1) is 29.5 Å². The number of ether oxygens (including phenoxy) is 1. The van der Waals surface area contributed by atoms with E-state index in [0.717, 1.165) is 16.5 Å². The molecule has 0 aliphatic carbocycles. The third-order valence-electron chi connectivity index (χ3n) is 4.94. The number of para-hydroxylation sites is 1. The average molecular weight is 540 g/mol. The van der Waals surface area contributed by atoms with Gasteiger partial charge in [0, 0.05) is 4.47 Å². The van der Waals surface area contributed by atoms with Crippen LogP contribution in [0.15, 0.2) is 77.3 Å². The maximum atomic E-state index is 13.0. The molecule has 1 unspecified atom stereocenters. The minimum atomic E-state index is -0.412. The van der Waals surface area contributed by atoms with Crippen molar-refractivity contribution < 1.29 is 14.3 Å². The first kappa shape index (κ1) is 25.4. The van der Waals surface area contributed by atoms with E-state index < -0.39 is 5.91 Å². The third-order valence-corrected chi connectivity index (χ3v) is 5.64. The molecule has 2 amide bonds. The van der Waals surface area contributed by atoms with Crippen LogP contribution < -0.4 is 20.7 Å². The fraction of sp³-hybridized carbons (Fsp3) is 0.192. The molecule has 1 atom stereocenters. The Morgan fingerprint density at radius 2 is 1.68 bits per heavy atom. The van der Waals surface area contributed by atoms with Crippen molar-refractivity contribution in [1.82, 2.24) is 10.6 Å². The summed E-state index contributed by atoms with van der Waals surface area (Å²) < 4.78 is 6.43. The molecule has 0 saturated carbocycles. The first-order valence-electron chi connectivity index (χ1n) is 10.9. The summed E-state index contributed by atoms with van der Waals surface area (Å²) in [4.78, 5) is 25.8. The number of anilines is 1. The number of rotatable bonds is 8. The highest BCUT2D eigenvalue weighted by Crippen LogP contribution is 2.24. The summed E-state index contributed by atoms with van der Waals surface area (Å²) in [5.74, 6) is -0.194. The molecule has 0 aliphatic rings. The zero-order valence-corrected chi connectivity index (χ0v) is 21.3. The van der Waals surface area contributed by atoms with Crippen molar-refractivity contribution in [3.8, 4) is 5.75 Å². The number of nitrogens with one attached hydrogen (secondary N) is 3. The lowest BCUT2D eigenvalue weighted by molar-refractivity contribution is 0.0939. The summed E-state index contributed by atoms with van der Waals surface area (Å²) in [6, 6.07) is 21.7. The molecule has 8 heteroatoms. The molecule has 3 N–H and O–H groups in total. The van der Waals surface area contributed by atoms with Crippen molar-refractivity contribution in [3.05, 3.63) is 94.0 Å². The lowest BCUT2D eigenvalue weighted by Crippen LogP contribution is -2.35. The summed E-state index contributed by atoms with van der Waals surface area (Å²) >= 11 is 8.75. The normalized spacial score (nSPS) is 11.3. The molecule has 0 aromatic heterocycles. The number of hydrogen-bond acceptors (Lipinski definition) is 4. The van der Waals surface area contributed by atoms with Crippen LogP contribution in [0.5, 0.6) is 5.75 Å². The van der Waals surface area contributed by atoms with Gasteiger partial charge < -0.3 is 15.4 Å². The topological polar surface area (TPSA) is 79.5 Å². The van der Waals surface area contributed by atoms with Gasteiger partial charge in [-0.1, -0.05) is 65.3 Å². The van der Waals surface area contributed by atoms with Crippen molar-refractivity contribution in [2.75, 3.05) is 11.9 Å². The van der Waals surface area contributed by atoms with Crippen LogP contribution in [-0.4, -0.2) is 23.5 Å². The maximum Gasteiger partial charge on any atom is 0.261 e. The quantitative estimate of drug-likeness (QED) is 0.312. The van der Waals surface area contributed by atoms with Gasteiger partial charge in [-0.05, 0) is 61.5 Å². The molecule has 3 aromatic rings. The molecule has 34 heavy (non-hydrogen) atoms. The van der Waals surface area contributed by atoms with E-state index in [9.17, 15) is 9.59 Å². The van der Waals surface area contributed by atoms with Crippen molar-refractivity contribution >= 4 is 50.8 Å². The molecular weight excluding hydrogens is 514 g/mol. The molecule has 6 nitrogen and oxygen atoms in total. The van der Waals surface area contributed by atoms with Crippen LogP contribution in [0.2, 0.25) is 0 Å². The largest absolute Gasteiger partial charge is 0.493 e. The van der Waals surface area contributed by atoms with Crippen LogP contribution in [0.25, 0.3) is 0 Å². The predicted molar refractivity (Wildman–Crippen MR) is 142 cm³/mol. The minimum Gasteiger partial charge on any atom is -0.493 e. The monoisotopic (exact) mass is 539 g/mol. The van der Waals surface area contributed by atoms with Crippen LogP contribution in [0, 0.1) is 0 Å². The maximum absolute atomic E-state index is 13.0. The Kier molecular flexibility index (Phi) is 9.18. The SMILES string of the molecule is CCCOc1ccc(Br)cc1C(=O)NC(=S)Nc1ccccc1C(=O)NC(C)c1ccccc1. The molecule has 0 fully saturated rings. The van der Waals surface area contributed by atoms with Crippen LogP contribution >= 0.6 is 28.1 Å². The lowest BCUT2D eigenvalue weighted by atomic mass is 10.1. The van der Waals surface area contributed by atoms with E-state index in [1.54, 1.807) is 36.4 Å². The van der Waals surface area contributed by atoms with Crippen LogP contribution in [0.1, 0.15) is 52.6 Å². The molecule has 3 aromatic carbocycles. The van der Waals surface area contributed by atoms with Gasteiger partial charge in [-0.25, -0.2) is 0 Å². The van der Waals surface area contributed by atoms with Crippen LogP contribution in [0.4, 0.5) is 5.69 Å². The molecule has 0 heterocycles. The minimum absolute atomic E-state index is 0.0720. The van der Waals surface area contributed by atoms with Gasteiger partial charge in [0.15, 0.2) is 5.11 Å². The van der Waals surface area contributed by atoms with E-state index in [1.807, 2.05) is 50.2 Å². The van der Waals surface area contributed by atoms with E-state index in [4.69, 9.17) is 17.0 Å². The number of carbonyl (C=O) groups excluding carboxylic acids is 2. The van der Waals surface area contributed by atoms with Gasteiger partial charge in [0.1, 0.15) is 5.75 Å². The van der Waals surface area contributed by atoms with Gasteiger partial charge in [-0.15, -0.1) is 0 Å². The Hall–Kier alpha value is -3.23. The predicted octanol–water partition coefficient (Wildman–Crippen LogP) is 5.86. The summed E-state index contributed by atoms with van der Waals surface area (Å²) in [5.41, 5.74) is 2.26. The standard InChI is InChI=1S/C26H26BrN3O3S/c1-3-15-33-23-14-13-19(27)16-21(23)25(32)30-26(34)29-22-12-8-7-11-20(22)24(31)28-17(2)18-9-5-4-6-10-18/h4-14,16-17H,3,15H2,1-2H3,(H,28,31)(H2,29,30,32,34). The smallest absolute Gasteiger partial charge is 0.261 e. The van der Waals surface area contributed by atoms with E-state index in [1.165, 1.54) is 0 Å². The fourth-order valence-corrected chi connectivity index (χ4v) is 3.79. The van der Waals surface area contributed by atoms with Crippen molar-refractivity contribution in [2.45, 2.75) is 26.3 Å². The molecule has 3 rings (SSSR count). The molecule has 0 saturated heterocycles. The van der Waals surface area contributed by atoms with Gasteiger partial charge in [0.25, 0.3) is 11.8 Å². The Bertz CT molecular complexity index is 1170. The number of amides is 2. The second-order valence-electron chi connectivity index (χ2n) is 7.55. The highest BCUT2D eigenvalue weighted by molar-refractivity contribution is 9.10. The van der Waals surface area contributed by atoms with Gasteiger partial charge in [-0.2, -0.15) is 0 Å². The van der Waals surface area contributed by atoms with Crippen molar-refractivity contribution in [1.29, 1.82) is 0 Å². The first-order chi connectivity index (χ1) is 16.4. The van der Waals surface area contributed by atoms with Gasteiger partial charge in [-0.3, -0.25) is 14.9 Å². The number of hydrogen-bond donors (Lipinski definition) is 3. The molecule has 0 bridgehead atoms. The van der Waals surface area contributed by atoms with Crippen LogP contribution in [-0.2, 0) is 0 Å². The Morgan fingerprint density at radius 1 is 0.971 bits per heavy atom. The third kappa shape index (κ3) is 6.88. The van der Waals surface area contributed by atoms with Crippen LogP contribution in [0.3, 0.4) is 0 Å². The number of carbonyl (C=O) groups is 2. The highest BCUT2D eigenvalue weighted by atomic mass is 79.9. The zero-order chi connectivity index (χ0) is 24.5. The molecule has 0 spiro atoms. The Balaban J connectivity index is 1.70. The van der Waals surface area contributed by atoms with Crippen molar-refractivity contribution in [2.24, 2.45) is 0 Å². The first-order valence-corrected chi connectivity index (χ1v) is 12.1. The summed E-state index contributed by atoms with van der Waals surface area (Å²) in [7, 11) is 0.